The Morgan fingerprint density at radius 2 is 2.08 bits per heavy atom. The molecular formula is C20H18N4OS. The second-order valence-corrected chi connectivity index (χ2v) is 7.37. The van der Waals surface area contributed by atoms with E-state index in [1.54, 1.807) is 23.5 Å². The predicted octanol–water partition coefficient (Wildman–Crippen LogP) is 3.94. The molecule has 0 bridgehead atoms. The van der Waals surface area contributed by atoms with E-state index in [9.17, 15) is 4.79 Å². The molecule has 1 atom stereocenters. The molecule has 1 saturated heterocycles. The van der Waals surface area contributed by atoms with E-state index in [-0.39, 0.29) is 18.5 Å². The molecule has 0 spiro atoms. The molecule has 0 saturated carbocycles. The van der Waals surface area contributed by atoms with Gasteiger partial charge < -0.3 is 10.2 Å². The highest BCUT2D eigenvalue weighted by Crippen LogP contribution is 2.36. The Morgan fingerprint density at radius 3 is 2.85 bits per heavy atom. The lowest BCUT2D eigenvalue weighted by Gasteiger charge is -2.23. The number of nitrogens with zero attached hydrogens (tertiary/aromatic N) is 3. The fourth-order valence-electron chi connectivity index (χ4n) is 3.30. The maximum Gasteiger partial charge on any atom is 0.242 e. The molecule has 3 aromatic rings. The first-order valence-electron chi connectivity index (χ1n) is 8.63. The Morgan fingerprint density at radius 1 is 1.27 bits per heavy atom. The summed E-state index contributed by atoms with van der Waals surface area (Å²) in [5.41, 5.74) is 2.45. The minimum Gasteiger partial charge on any atom is -0.376 e. The number of para-hydroxylation sites is 1. The molecule has 1 fully saturated rings. The number of likely N-dealkylation sites (tertiary alicyclic amines) is 1. The first-order chi connectivity index (χ1) is 12.7. The summed E-state index contributed by atoms with van der Waals surface area (Å²) in [6.45, 7) is 1.02. The molecule has 1 N–H and O–H groups in total. The summed E-state index contributed by atoms with van der Waals surface area (Å²) in [7, 11) is 0. The summed E-state index contributed by atoms with van der Waals surface area (Å²) in [6.07, 6.45) is 1.96. The summed E-state index contributed by atoms with van der Waals surface area (Å²) in [4.78, 5) is 19.4. The summed E-state index contributed by atoms with van der Waals surface area (Å²) in [5, 5.41) is 13.0. The monoisotopic (exact) mass is 362 g/mol. The van der Waals surface area contributed by atoms with Gasteiger partial charge in [0.2, 0.25) is 5.91 Å². The summed E-state index contributed by atoms with van der Waals surface area (Å²) >= 11 is 1.68. The van der Waals surface area contributed by atoms with Crippen LogP contribution in [0.25, 0.3) is 10.2 Å². The molecule has 0 aliphatic carbocycles. The molecule has 130 valence electrons. The number of nitriles is 1. The van der Waals surface area contributed by atoms with Gasteiger partial charge in [0.1, 0.15) is 5.01 Å². The number of fused-ring (bicyclic) bond motifs is 1. The summed E-state index contributed by atoms with van der Waals surface area (Å²) < 4.78 is 1.16. The van der Waals surface area contributed by atoms with Gasteiger partial charge >= 0.3 is 0 Å². The van der Waals surface area contributed by atoms with Crippen LogP contribution in [0.5, 0.6) is 0 Å². The van der Waals surface area contributed by atoms with Crippen molar-refractivity contribution in [2.24, 2.45) is 0 Å². The van der Waals surface area contributed by atoms with Gasteiger partial charge in [-0.25, -0.2) is 4.98 Å². The van der Waals surface area contributed by atoms with E-state index in [0.717, 1.165) is 40.3 Å². The summed E-state index contributed by atoms with van der Waals surface area (Å²) in [5.74, 6) is 0.0797. The van der Waals surface area contributed by atoms with E-state index in [1.165, 1.54) is 0 Å². The number of rotatable bonds is 4. The third-order valence-corrected chi connectivity index (χ3v) is 5.76. The molecule has 2 aromatic carbocycles. The van der Waals surface area contributed by atoms with Gasteiger partial charge in [0.05, 0.1) is 34.4 Å². The van der Waals surface area contributed by atoms with Gasteiger partial charge in [0, 0.05) is 12.2 Å². The van der Waals surface area contributed by atoms with Gasteiger partial charge in [0.25, 0.3) is 0 Å². The van der Waals surface area contributed by atoms with Crippen molar-refractivity contribution >= 4 is 33.1 Å². The SMILES string of the molecule is N#Cc1ccc(NCC(=O)N2CCCC2c2nc3ccccc3s2)cc1. The molecule has 1 aliphatic heterocycles. The number of nitrogens with one attached hydrogen (secondary N) is 1. The van der Waals surface area contributed by atoms with Crippen LogP contribution in [-0.4, -0.2) is 28.9 Å². The van der Waals surface area contributed by atoms with Gasteiger partial charge in [-0.2, -0.15) is 5.26 Å². The van der Waals surface area contributed by atoms with Crippen molar-refractivity contribution in [3.05, 3.63) is 59.1 Å². The third kappa shape index (κ3) is 3.26. The maximum atomic E-state index is 12.7. The van der Waals surface area contributed by atoms with Crippen LogP contribution < -0.4 is 5.32 Å². The molecule has 0 radical (unpaired) electrons. The number of carbonyl (C=O) groups excluding carboxylic acids is 1. The lowest BCUT2D eigenvalue weighted by molar-refractivity contribution is -0.130. The molecule has 2 heterocycles. The van der Waals surface area contributed by atoms with E-state index < -0.39 is 0 Å². The smallest absolute Gasteiger partial charge is 0.242 e. The number of anilines is 1. The van der Waals surface area contributed by atoms with Gasteiger partial charge in [-0.15, -0.1) is 11.3 Å². The quantitative estimate of drug-likeness (QED) is 0.763. The zero-order chi connectivity index (χ0) is 17.9. The molecule has 1 amide bonds. The van der Waals surface area contributed by atoms with Crippen LogP contribution in [0, 0.1) is 11.3 Å². The average Bonchev–Trinajstić information content (AvgIpc) is 3.32. The fraction of sp³-hybridized carbons (Fsp3) is 0.250. The highest BCUT2D eigenvalue weighted by molar-refractivity contribution is 7.18. The number of amides is 1. The number of benzene rings is 2. The number of hydrogen-bond donors (Lipinski definition) is 1. The van der Waals surface area contributed by atoms with Crippen LogP contribution in [0.3, 0.4) is 0 Å². The zero-order valence-corrected chi connectivity index (χ0v) is 15.0. The first-order valence-corrected chi connectivity index (χ1v) is 9.45. The average molecular weight is 362 g/mol. The third-order valence-electron chi connectivity index (χ3n) is 4.63. The lowest BCUT2D eigenvalue weighted by Crippen LogP contribution is -2.35. The molecule has 1 aromatic heterocycles. The molecule has 1 unspecified atom stereocenters. The minimum atomic E-state index is 0.0719. The second-order valence-electron chi connectivity index (χ2n) is 6.31. The van der Waals surface area contributed by atoms with Crippen LogP contribution in [0.1, 0.15) is 29.5 Å². The Labute approximate surface area is 155 Å². The topological polar surface area (TPSA) is 69.0 Å². The predicted molar refractivity (Wildman–Crippen MR) is 103 cm³/mol. The van der Waals surface area contributed by atoms with Crippen molar-refractivity contribution in [2.75, 3.05) is 18.4 Å². The molecule has 26 heavy (non-hydrogen) atoms. The number of aromatic nitrogens is 1. The highest BCUT2D eigenvalue weighted by Gasteiger charge is 2.31. The van der Waals surface area contributed by atoms with E-state index in [2.05, 4.69) is 17.5 Å². The molecule has 1 aliphatic rings. The van der Waals surface area contributed by atoms with E-state index in [0.29, 0.717) is 5.56 Å². The zero-order valence-electron chi connectivity index (χ0n) is 14.2. The Kier molecular flexibility index (Phi) is 4.55. The maximum absolute atomic E-state index is 12.7. The summed E-state index contributed by atoms with van der Waals surface area (Å²) in [6, 6.07) is 17.4. The molecule has 5 nitrogen and oxygen atoms in total. The highest BCUT2D eigenvalue weighted by atomic mass is 32.1. The molecule has 6 heteroatoms. The molecular weight excluding hydrogens is 344 g/mol. The van der Waals surface area contributed by atoms with Crippen molar-refractivity contribution in [1.29, 1.82) is 5.26 Å². The van der Waals surface area contributed by atoms with Gasteiger partial charge in [-0.05, 0) is 49.2 Å². The lowest BCUT2D eigenvalue weighted by atomic mass is 10.2. The van der Waals surface area contributed by atoms with Crippen molar-refractivity contribution in [2.45, 2.75) is 18.9 Å². The molecule has 4 rings (SSSR count). The standard InChI is InChI=1S/C20H18N4OS/c21-12-14-7-9-15(10-8-14)22-13-19(25)24-11-3-5-17(24)20-23-16-4-1-2-6-18(16)26-20/h1-2,4,6-10,17,22H,3,5,11,13H2. The van der Waals surface area contributed by atoms with Crippen molar-refractivity contribution < 1.29 is 4.79 Å². The number of hydrogen-bond acceptors (Lipinski definition) is 5. The van der Waals surface area contributed by atoms with Crippen LogP contribution in [0.15, 0.2) is 48.5 Å². The van der Waals surface area contributed by atoms with Crippen molar-refractivity contribution in [3.63, 3.8) is 0 Å². The van der Waals surface area contributed by atoms with Crippen molar-refractivity contribution in [3.8, 4) is 6.07 Å². The Hall–Kier alpha value is -2.91. The van der Waals surface area contributed by atoms with Crippen molar-refractivity contribution in [1.82, 2.24) is 9.88 Å². The van der Waals surface area contributed by atoms with Gasteiger partial charge in [-0.3, -0.25) is 4.79 Å². The second kappa shape index (κ2) is 7.14. The number of thiazole rings is 1. The van der Waals surface area contributed by atoms with Gasteiger partial charge in [0.15, 0.2) is 0 Å². The largest absolute Gasteiger partial charge is 0.376 e. The van der Waals surface area contributed by atoms with E-state index in [4.69, 9.17) is 10.2 Å². The van der Waals surface area contributed by atoms with Gasteiger partial charge in [-0.1, -0.05) is 12.1 Å². The fourth-order valence-corrected chi connectivity index (χ4v) is 4.41. The van der Waals surface area contributed by atoms with E-state index >= 15 is 0 Å². The minimum absolute atomic E-state index is 0.0719. The van der Waals surface area contributed by atoms with Crippen LogP contribution in [-0.2, 0) is 4.79 Å². The number of carbonyl (C=O) groups is 1. The first kappa shape index (κ1) is 16.6. The van der Waals surface area contributed by atoms with E-state index in [1.807, 2.05) is 35.2 Å². The van der Waals surface area contributed by atoms with Crippen LogP contribution in [0.4, 0.5) is 5.69 Å². The van der Waals surface area contributed by atoms with Crippen LogP contribution >= 0.6 is 11.3 Å². The normalized spacial score (nSPS) is 16.6. The Bertz CT molecular complexity index is 940. The van der Waals surface area contributed by atoms with Crippen LogP contribution in [0.2, 0.25) is 0 Å². The Balaban J connectivity index is 1.45.